The maximum absolute atomic E-state index is 12.4. The Balaban J connectivity index is 1.29. The second-order valence-corrected chi connectivity index (χ2v) is 11.7. The smallest absolute Gasteiger partial charge is 0.251 e. The van der Waals surface area contributed by atoms with Gasteiger partial charge in [-0.3, -0.25) is 9.59 Å². The van der Waals surface area contributed by atoms with E-state index in [-0.39, 0.29) is 36.5 Å². The SMILES string of the molecule is CC(=O)Nc1ccc(SC[C@@H]2O[C@H](c3ccc(CNC(=O)c4ccccc4)cc3)O[C@H](c3ccc(CO)cc3)[C@@H]2C)cc1. The Morgan fingerprint density at radius 2 is 1.47 bits per heavy atom. The highest BCUT2D eigenvalue weighted by molar-refractivity contribution is 7.99. The molecule has 43 heavy (non-hydrogen) atoms. The van der Waals surface area contributed by atoms with Gasteiger partial charge in [-0.05, 0) is 53.1 Å². The van der Waals surface area contributed by atoms with E-state index in [1.54, 1.807) is 23.9 Å². The minimum absolute atomic E-state index is 0.00869. The zero-order chi connectivity index (χ0) is 30.2. The molecule has 4 aromatic rings. The summed E-state index contributed by atoms with van der Waals surface area (Å²) in [4.78, 5) is 24.9. The molecule has 7 nitrogen and oxygen atoms in total. The van der Waals surface area contributed by atoms with Gasteiger partial charge in [-0.15, -0.1) is 11.8 Å². The molecule has 4 atom stereocenters. The number of hydrogen-bond acceptors (Lipinski definition) is 6. The number of aliphatic hydroxyl groups is 1. The van der Waals surface area contributed by atoms with Crippen LogP contribution in [0, 0.1) is 5.92 Å². The summed E-state index contributed by atoms with van der Waals surface area (Å²) in [7, 11) is 0. The number of carbonyl (C=O) groups is 2. The monoisotopic (exact) mass is 596 g/mol. The summed E-state index contributed by atoms with van der Waals surface area (Å²) in [6.07, 6.45) is -0.880. The molecule has 2 amide bonds. The van der Waals surface area contributed by atoms with Gasteiger partial charge in [0.1, 0.15) is 0 Å². The van der Waals surface area contributed by atoms with E-state index in [4.69, 9.17) is 9.47 Å². The largest absolute Gasteiger partial charge is 0.392 e. The number of hydrogen-bond donors (Lipinski definition) is 3. The number of rotatable bonds is 10. The fraction of sp³-hybridized carbons (Fsp3) is 0.257. The molecule has 3 N–H and O–H groups in total. The highest BCUT2D eigenvalue weighted by atomic mass is 32.2. The van der Waals surface area contributed by atoms with Crippen LogP contribution in [0.5, 0.6) is 0 Å². The third kappa shape index (κ3) is 8.12. The Morgan fingerprint density at radius 3 is 2.12 bits per heavy atom. The number of carbonyl (C=O) groups excluding carboxylic acids is 2. The minimum Gasteiger partial charge on any atom is -0.392 e. The molecule has 0 aliphatic carbocycles. The van der Waals surface area contributed by atoms with E-state index in [1.165, 1.54) is 6.92 Å². The van der Waals surface area contributed by atoms with Crippen molar-refractivity contribution >= 4 is 29.3 Å². The number of anilines is 1. The van der Waals surface area contributed by atoms with Crippen LogP contribution in [0.1, 0.15) is 58.9 Å². The lowest BCUT2D eigenvalue weighted by atomic mass is 9.91. The van der Waals surface area contributed by atoms with Gasteiger partial charge in [0.2, 0.25) is 5.91 Å². The van der Waals surface area contributed by atoms with Gasteiger partial charge >= 0.3 is 0 Å². The van der Waals surface area contributed by atoms with Crippen LogP contribution in [-0.2, 0) is 27.4 Å². The van der Waals surface area contributed by atoms with Crippen LogP contribution in [0.3, 0.4) is 0 Å². The molecule has 4 aromatic carbocycles. The van der Waals surface area contributed by atoms with Gasteiger partial charge < -0.3 is 25.2 Å². The predicted molar refractivity (Wildman–Crippen MR) is 168 cm³/mol. The second-order valence-electron chi connectivity index (χ2n) is 10.6. The third-order valence-corrected chi connectivity index (χ3v) is 8.55. The lowest BCUT2D eigenvalue weighted by molar-refractivity contribution is -0.268. The van der Waals surface area contributed by atoms with Gasteiger partial charge in [-0.1, -0.05) is 73.7 Å². The first-order valence-electron chi connectivity index (χ1n) is 14.3. The first kappa shape index (κ1) is 30.5. The summed E-state index contributed by atoms with van der Waals surface area (Å²) in [6.45, 7) is 4.04. The number of amides is 2. The van der Waals surface area contributed by atoms with Crippen LogP contribution in [-0.4, -0.2) is 28.8 Å². The molecule has 0 radical (unpaired) electrons. The molecule has 8 heteroatoms. The van der Waals surface area contributed by atoms with Gasteiger partial charge in [-0.25, -0.2) is 0 Å². The number of thioether (sulfide) groups is 1. The number of aliphatic hydroxyl groups excluding tert-OH is 1. The maximum atomic E-state index is 12.4. The first-order chi connectivity index (χ1) is 20.9. The number of nitrogens with one attached hydrogen (secondary N) is 2. The van der Waals surface area contributed by atoms with Crippen molar-refractivity contribution in [3.05, 3.63) is 131 Å². The quantitative estimate of drug-likeness (QED) is 0.177. The van der Waals surface area contributed by atoms with E-state index >= 15 is 0 Å². The normalized spacial score (nSPS) is 19.9. The number of ether oxygens (including phenoxy) is 2. The van der Waals surface area contributed by atoms with Gasteiger partial charge in [0, 0.05) is 46.8 Å². The van der Waals surface area contributed by atoms with Gasteiger partial charge in [0.05, 0.1) is 18.8 Å². The molecule has 0 bridgehead atoms. The average Bonchev–Trinajstić information content (AvgIpc) is 3.04. The van der Waals surface area contributed by atoms with E-state index < -0.39 is 6.29 Å². The molecule has 222 valence electrons. The fourth-order valence-corrected chi connectivity index (χ4v) is 6.06. The molecule has 1 heterocycles. The molecule has 1 aliphatic rings. The maximum Gasteiger partial charge on any atom is 0.251 e. The van der Waals surface area contributed by atoms with Gasteiger partial charge in [-0.2, -0.15) is 0 Å². The zero-order valence-electron chi connectivity index (χ0n) is 24.2. The summed E-state index contributed by atoms with van der Waals surface area (Å²) in [5.74, 6) is 0.571. The second kappa shape index (κ2) is 14.5. The Hall–Kier alpha value is -3.95. The summed E-state index contributed by atoms with van der Waals surface area (Å²) >= 11 is 1.70. The Morgan fingerprint density at radius 1 is 0.814 bits per heavy atom. The van der Waals surface area contributed by atoms with E-state index in [1.807, 2.05) is 91.0 Å². The molecule has 1 saturated heterocycles. The molecule has 5 rings (SSSR count). The van der Waals surface area contributed by atoms with Crippen molar-refractivity contribution in [3.8, 4) is 0 Å². The van der Waals surface area contributed by atoms with Crippen LogP contribution in [0.15, 0.2) is 108 Å². The highest BCUT2D eigenvalue weighted by Gasteiger charge is 2.38. The first-order valence-corrected chi connectivity index (χ1v) is 15.3. The molecule has 0 aromatic heterocycles. The number of benzene rings is 4. The average molecular weight is 597 g/mol. The molecule has 0 unspecified atom stereocenters. The van der Waals surface area contributed by atoms with Crippen LogP contribution >= 0.6 is 11.8 Å². The Bertz CT molecular complexity index is 1490. The molecule has 0 saturated carbocycles. The van der Waals surface area contributed by atoms with Crippen molar-refractivity contribution in [2.45, 2.75) is 50.4 Å². The summed E-state index contributed by atoms with van der Waals surface area (Å²) in [5.41, 5.74) is 5.16. The van der Waals surface area contributed by atoms with Gasteiger partial charge in [0.15, 0.2) is 6.29 Å². The van der Waals surface area contributed by atoms with E-state index in [9.17, 15) is 14.7 Å². The topological polar surface area (TPSA) is 96.9 Å². The van der Waals surface area contributed by atoms with Crippen molar-refractivity contribution in [3.63, 3.8) is 0 Å². The van der Waals surface area contributed by atoms with Gasteiger partial charge in [0.25, 0.3) is 5.91 Å². The molecule has 1 fully saturated rings. The Labute approximate surface area is 256 Å². The summed E-state index contributed by atoms with van der Waals surface area (Å²) < 4.78 is 13.1. The zero-order valence-corrected chi connectivity index (χ0v) is 25.1. The molecular formula is C35H36N2O5S. The molecule has 0 spiro atoms. The van der Waals surface area contributed by atoms with Crippen LogP contribution in [0.2, 0.25) is 0 Å². The summed E-state index contributed by atoms with van der Waals surface area (Å²) in [6, 6.07) is 32.8. The van der Waals surface area contributed by atoms with Crippen molar-refractivity contribution in [2.75, 3.05) is 11.1 Å². The lowest BCUT2D eigenvalue weighted by Gasteiger charge is -2.41. The van der Waals surface area contributed by atoms with Crippen LogP contribution in [0.25, 0.3) is 0 Å². The third-order valence-electron chi connectivity index (χ3n) is 7.45. The van der Waals surface area contributed by atoms with Crippen LogP contribution < -0.4 is 10.6 Å². The van der Waals surface area contributed by atoms with E-state index in [0.717, 1.165) is 38.6 Å². The van der Waals surface area contributed by atoms with Crippen molar-refractivity contribution in [1.29, 1.82) is 0 Å². The van der Waals surface area contributed by atoms with Crippen molar-refractivity contribution in [2.24, 2.45) is 5.92 Å². The fourth-order valence-electron chi connectivity index (χ4n) is 4.99. The van der Waals surface area contributed by atoms with E-state index in [0.29, 0.717) is 12.1 Å². The molecular weight excluding hydrogens is 560 g/mol. The van der Waals surface area contributed by atoms with Crippen molar-refractivity contribution in [1.82, 2.24) is 5.32 Å². The Kier molecular flexibility index (Phi) is 10.3. The highest BCUT2D eigenvalue weighted by Crippen LogP contribution is 2.43. The molecule has 1 aliphatic heterocycles. The van der Waals surface area contributed by atoms with Crippen molar-refractivity contribution < 1.29 is 24.2 Å². The minimum atomic E-state index is -0.570. The predicted octanol–water partition coefficient (Wildman–Crippen LogP) is 6.65. The van der Waals surface area contributed by atoms with E-state index in [2.05, 4.69) is 17.6 Å². The summed E-state index contributed by atoms with van der Waals surface area (Å²) in [5, 5.41) is 15.3. The van der Waals surface area contributed by atoms with Crippen LogP contribution in [0.4, 0.5) is 5.69 Å². The lowest BCUT2D eigenvalue weighted by Crippen LogP contribution is -2.38. The standard InChI is InChI=1S/C35H36N2O5S/c1-23-32(22-43-31-18-16-30(17-19-31)37-24(2)39)41-35(42-33(23)27-12-10-26(21-38)11-13-27)29-14-8-25(9-15-29)20-36-34(40)28-6-4-3-5-7-28/h3-19,23,32-33,35,38H,20-22H2,1-2H3,(H,36,40)(H,37,39)/t23-,32+,33+,35+/m1/s1.